The zero-order valence-electron chi connectivity index (χ0n) is 13.8. The fourth-order valence-electron chi connectivity index (χ4n) is 2.36. The van der Waals surface area contributed by atoms with Crippen LogP contribution in [0.3, 0.4) is 0 Å². The lowest BCUT2D eigenvalue weighted by Crippen LogP contribution is -2.00. The van der Waals surface area contributed by atoms with E-state index in [1.165, 1.54) is 0 Å². The maximum absolute atomic E-state index is 5.57. The average Bonchev–Trinajstić information content (AvgIpc) is 3.12. The lowest BCUT2D eigenvalue weighted by molar-refractivity contribution is 0.607. The Kier molecular flexibility index (Phi) is 4.47. The summed E-state index contributed by atoms with van der Waals surface area (Å²) in [5.74, 6) is 0.428. The molecule has 4 aromatic rings. The summed E-state index contributed by atoms with van der Waals surface area (Å²) >= 11 is 0. The average molecular weight is 341 g/mol. The van der Waals surface area contributed by atoms with Gasteiger partial charge in [-0.1, -0.05) is 65.8 Å². The highest BCUT2D eigenvalue weighted by Crippen LogP contribution is 2.21. The van der Waals surface area contributed by atoms with E-state index in [2.05, 4.69) is 25.7 Å². The first-order chi connectivity index (χ1) is 12.9. The fourth-order valence-corrected chi connectivity index (χ4v) is 2.36. The summed E-state index contributed by atoms with van der Waals surface area (Å²) in [6.07, 6.45) is 0. The van der Waals surface area contributed by atoms with Crippen LogP contribution in [-0.4, -0.2) is 10.8 Å². The SMILES string of the molecule is c1ccc(NN=C(N=Nc2nc3ccccc3o2)c2ccccc2)cc1. The van der Waals surface area contributed by atoms with E-state index in [4.69, 9.17) is 4.42 Å². The predicted molar refractivity (Wildman–Crippen MR) is 102 cm³/mol. The van der Waals surface area contributed by atoms with Gasteiger partial charge >= 0.3 is 6.01 Å². The molecule has 1 heterocycles. The van der Waals surface area contributed by atoms with Crippen molar-refractivity contribution in [2.45, 2.75) is 0 Å². The maximum Gasteiger partial charge on any atom is 0.342 e. The van der Waals surface area contributed by atoms with E-state index < -0.39 is 0 Å². The topological polar surface area (TPSA) is 75.1 Å². The molecule has 0 amide bonds. The predicted octanol–water partition coefficient (Wildman–Crippen LogP) is 5.39. The van der Waals surface area contributed by atoms with E-state index in [9.17, 15) is 0 Å². The van der Waals surface area contributed by atoms with Crippen molar-refractivity contribution in [3.8, 4) is 0 Å². The molecule has 0 radical (unpaired) electrons. The molecular formula is C20H15N5O. The molecule has 0 saturated heterocycles. The van der Waals surface area contributed by atoms with Gasteiger partial charge in [0.15, 0.2) is 5.58 Å². The number of benzene rings is 3. The van der Waals surface area contributed by atoms with Gasteiger partial charge in [0, 0.05) is 5.56 Å². The van der Waals surface area contributed by atoms with Crippen LogP contribution in [0.15, 0.2) is 105 Å². The van der Waals surface area contributed by atoms with Crippen LogP contribution in [0.5, 0.6) is 0 Å². The monoisotopic (exact) mass is 341 g/mol. The summed E-state index contributed by atoms with van der Waals surface area (Å²) in [5, 5.41) is 12.7. The normalized spacial score (nSPS) is 11.9. The Hall–Kier alpha value is -3.80. The van der Waals surface area contributed by atoms with Gasteiger partial charge < -0.3 is 4.42 Å². The van der Waals surface area contributed by atoms with E-state index in [-0.39, 0.29) is 6.01 Å². The highest BCUT2D eigenvalue weighted by atomic mass is 16.4. The molecule has 0 bridgehead atoms. The molecule has 1 aromatic heterocycles. The van der Waals surface area contributed by atoms with Gasteiger partial charge in [0.1, 0.15) is 5.52 Å². The maximum atomic E-state index is 5.57. The van der Waals surface area contributed by atoms with E-state index in [1.807, 2.05) is 84.9 Å². The van der Waals surface area contributed by atoms with Crippen LogP contribution < -0.4 is 5.43 Å². The zero-order valence-corrected chi connectivity index (χ0v) is 13.8. The largest absolute Gasteiger partial charge is 0.421 e. The first-order valence-electron chi connectivity index (χ1n) is 8.10. The van der Waals surface area contributed by atoms with Crippen LogP contribution in [0.25, 0.3) is 11.1 Å². The van der Waals surface area contributed by atoms with Crippen molar-refractivity contribution in [2.24, 2.45) is 15.3 Å². The molecule has 0 aliphatic rings. The van der Waals surface area contributed by atoms with Gasteiger partial charge in [0.05, 0.1) is 5.69 Å². The second-order valence-electron chi connectivity index (χ2n) is 5.44. The first kappa shape index (κ1) is 15.7. The summed E-state index contributed by atoms with van der Waals surface area (Å²) in [6, 6.07) is 26.9. The number of para-hydroxylation sites is 3. The lowest BCUT2D eigenvalue weighted by atomic mass is 10.2. The third-order valence-electron chi connectivity index (χ3n) is 3.61. The highest BCUT2D eigenvalue weighted by molar-refractivity contribution is 5.99. The van der Waals surface area contributed by atoms with Crippen molar-refractivity contribution in [1.29, 1.82) is 0 Å². The molecule has 4 rings (SSSR count). The molecule has 0 fully saturated rings. The number of aromatic nitrogens is 1. The molecule has 0 unspecified atom stereocenters. The number of hydrazone groups is 1. The van der Waals surface area contributed by atoms with Gasteiger partial charge in [-0.15, -0.1) is 5.11 Å². The van der Waals surface area contributed by atoms with Crippen LogP contribution in [0.1, 0.15) is 5.56 Å². The molecule has 1 N–H and O–H groups in total. The molecule has 126 valence electrons. The molecule has 0 spiro atoms. The molecule has 26 heavy (non-hydrogen) atoms. The van der Waals surface area contributed by atoms with Gasteiger partial charge in [0.2, 0.25) is 5.84 Å². The van der Waals surface area contributed by atoms with Crippen molar-refractivity contribution in [3.63, 3.8) is 0 Å². The highest BCUT2D eigenvalue weighted by Gasteiger charge is 2.06. The van der Waals surface area contributed by atoms with Gasteiger partial charge in [-0.05, 0) is 24.3 Å². The second kappa shape index (κ2) is 7.40. The number of oxazole rings is 1. The quantitative estimate of drug-likeness (QED) is 0.234. The first-order valence-corrected chi connectivity index (χ1v) is 8.10. The Bertz CT molecular complexity index is 1020. The van der Waals surface area contributed by atoms with Crippen LogP contribution in [0.4, 0.5) is 11.7 Å². The number of rotatable bonds is 4. The number of amidine groups is 1. The van der Waals surface area contributed by atoms with Crippen molar-refractivity contribution in [2.75, 3.05) is 5.43 Å². The molecule has 3 aromatic carbocycles. The third-order valence-corrected chi connectivity index (χ3v) is 3.61. The smallest absolute Gasteiger partial charge is 0.342 e. The van der Waals surface area contributed by atoms with Crippen molar-refractivity contribution >= 4 is 28.6 Å². The summed E-state index contributed by atoms with van der Waals surface area (Å²) in [6.45, 7) is 0. The zero-order chi connectivity index (χ0) is 17.6. The van der Waals surface area contributed by atoms with E-state index in [0.29, 0.717) is 11.4 Å². The summed E-state index contributed by atoms with van der Waals surface area (Å²) in [4.78, 5) is 4.29. The molecule has 6 heteroatoms. The van der Waals surface area contributed by atoms with Gasteiger partial charge in [-0.3, -0.25) is 5.43 Å². The Morgan fingerprint density at radius 3 is 2.27 bits per heavy atom. The summed E-state index contributed by atoms with van der Waals surface area (Å²) in [5.41, 5.74) is 6.08. The van der Waals surface area contributed by atoms with Crippen LogP contribution >= 0.6 is 0 Å². The lowest BCUT2D eigenvalue weighted by Gasteiger charge is -2.02. The molecule has 6 nitrogen and oxygen atoms in total. The summed E-state index contributed by atoms with van der Waals surface area (Å²) < 4.78 is 5.57. The number of hydrogen-bond acceptors (Lipinski definition) is 5. The van der Waals surface area contributed by atoms with Crippen molar-refractivity contribution < 1.29 is 4.42 Å². The van der Waals surface area contributed by atoms with E-state index in [1.54, 1.807) is 0 Å². The van der Waals surface area contributed by atoms with Crippen molar-refractivity contribution in [1.82, 2.24) is 4.98 Å². The number of anilines is 1. The number of fused-ring (bicyclic) bond motifs is 1. The Morgan fingerprint density at radius 2 is 1.50 bits per heavy atom. The molecule has 0 aliphatic carbocycles. The second-order valence-corrected chi connectivity index (χ2v) is 5.44. The standard InChI is InChI=1S/C20H15N5O/c1-3-9-15(10-4-1)19(23-22-16-11-5-2-6-12-16)24-25-20-21-17-13-7-8-14-18(17)26-20/h1-14,22H. The Morgan fingerprint density at radius 1 is 0.808 bits per heavy atom. The summed E-state index contributed by atoms with van der Waals surface area (Å²) in [7, 11) is 0. The minimum atomic E-state index is 0.189. The van der Waals surface area contributed by atoms with E-state index in [0.717, 1.165) is 16.8 Å². The van der Waals surface area contributed by atoms with Crippen LogP contribution in [0.2, 0.25) is 0 Å². The minimum Gasteiger partial charge on any atom is -0.421 e. The number of nitrogens with zero attached hydrogens (tertiary/aromatic N) is 4. The third kappa shape index (κ3) is 3.64. The molecule has 0 saturated carbocycles. The van der Waals surface area contributed by atoms with E-state index >= 15 is 0 Å². The van der Waals surface area contributed by atoms with Crippen LogP contribution in [0, 0.1) is 0 Å². The molecular weight excluding hydrogens is 326 g/mol. The number of hydrogen-bond donors (Lipinski definition) is 1. The van der Waals surface area contributed by atoms with Gasteiger partial charge in [0.25, 0.3) is 0 Å². The van der Waals surface area contributed by atoms with Gasteiger partial charge in [-0.25, -0.2) is 0 Å². The van der Waals surface area contributed by atoms with Crippen molar-refractivity contribution in [3.05, 3.63) is 90.5 Å². The fraction of sp³-hybridized carbons (Fsp3) is 0. The molecule has 0 aliphatic heterocycles. The Labute approximate surface area is 149 Å². The number of azo groups is 1. The minimum absolute atomic E-state index is 0.189. The number of nitrogens with one attached hydrogen (secondary N) is 1. The van der Waals surface area contributed by atoms with Gasteiger partial charge in [-0.2, -0.15) is 10.1 Å². The Balaban J connectivity index is 1.64. The van der Waals surface area contributed by atoms with Crippen LogP contribution in [-0.2, 0) is 0 Å². The molecule has 0 atom stereocenters.